The maximum atomic E-state index is 4.60. The number of hydrogen-bond donors (Lipinski definition) is 1. The molecule has 0 aliphatic heterocycles. The maximum Gasteiger partial charge on any atom is 0.0617 e. The first-order valence-corrected chi connectivity index (χ1v) is 3.18. The van der Waals surface area contributed by atoms with E-state index in [9.17, 15) is 0 Å². The van der Waals surface area contributed by atoms with Crippen molar-refractivity contribution in [2.24, 2.45) is 5.92 Å². The van der Waals surface area contributed by atoms with E-state index < -0.39 is 0 Å². The molecule has 2 heteroatoms. The summed E-state index contributed by atoms with van der Waals surface area (Å²) >= 11 is 4.60. The van der Waals surface area contributed by atoms with E-state index in [-0.39, 0.29) is 0 Å². The molecule has 1 fully saturated rings. The van der Waals surface area contributed by atoms with Crippen molar-refractivity contribution in [3.05, 3.63) is 12.7 Å². The second-order valence-corrected chi connectivity index (χ2v) is 2.26. The van der Waals surface area contributed by atoms with Crippen LogP contribution in [0.15, 0.2) is 12.7 Å². The van der Waals surface area contributed by atoms with Crippen molar-refractivity contribution in [2.75, 3.05) is 0 Å². The van der Waals surface area contributed by atoms with Gasteiger partial charge in [-0.05, 0) is 12.3 Å². The molecule has 44 valence electrons. The molecule has 1 saturated carbocycles. The molecule has 0 amide bonds. The van der Waals surface area contributed by atoms with Gasteiger partial charge in [-0.1, -0.05) is 18.3 Å². The highest BCUT2D eigenvalue weighted by atomic mass is 32.1. The first-order chi connectivity index (χ1) is 3.88. The lowest BCUT2D eigenvalue weighted by Gasteiger charge is -1.89. The number of rotatable bonds is 3. The third-order valence-corrected chi connectivity index (χ3v) is 1.56. The summed E-state index contributed by atoms with van der Waals surface area (Å²) in [6.45, 7) is 3.67. The summed E-state index contributed by atoms with van der Waals surface area (Å²) in [5.74, 6) is 0.675. The Kier molecular flexibility index (Phi) is 1.63. The zero-order chi connectivity index (χ0) is 5.98. The van der Waals surface area contributed by atoms with Gasteiger partial charge in [0.2, 0.25) is 0 Å². The highest BCUT2D eigenvalue weighted by Crippen LogP contribution is 2.30. The van der Waals surface area contributed by atoms with E-state index in [1.165, 1.54) is 6.42 Å². The highest BCUT2D eigenvalue weighted by molar-refractivity contribution is 7.78. The summed E-state index contributed by atoms with van der Waals surface area (Å²) in [6.07, 6.45) is 3.17. The van der Waals surface area contributed by atoms with Gasteiger partial charge in [-0.2, -0.15) is 0 Å². The average Bonchev–Trinajstić information content (AvgIpc) is 2.48. The van der Waals surface area contributed by atoms with Gasteiger partial charge in [0.15, 0.2) is 0 Å². The SMILES string of the molecule is C=C[C@H]1C[C@@H]1NC=S. The van der Waals surface area contributed by atoms with Crippen LogP contribution in [-0.4, -0.2) is 11.5 Å². The van der Waals surface area contributed by atoms with E-state index in [1.54, 1.807) is 5.49 Å². The average molecular weight is 127 g/mol. The Hall–Kier alpha value is -0.370. The molecular formula is C6H9NS. The Morgan fingerprint density at radius 3 is 2.88 bits per heavy atom. The van der Waals surface area contributed by atoms with E-state index in [0.29, 0.717) is 12.0 Å². The van der Waals surface area contributed by atoms with E-state index in [4.69, 9.17) is 0 Å². The normalized spacial score (nSPS) is 33.5. The molecule has 8 heavy (non-hydrogen) atoms. The molecule has 0 saturated heterocycles. The summed E-state index contributed by atoms with van der Waals surface area (Å²) in [4.78, 5) is 0. The number of nitrogens with one attached hydrogen (secondary N) is 1. The molecule has 0 aromatic rings. The molecule has 1 aliphatic carbocycles. The van der Waals surface area contributed by atoms with Crippen molar-refractivity contribution >= 4 is 17.7 Å². The van der Waals surface area contributed by atoms with Crippen LogP contribution in [-0.2, 0) is 0 Å². The van der Waals surface area contributed by atoms with Crippen LogP contribution in [0.1, 0.15) is 6.42 Å². The minimum Gasteiger partial charge on any atom is -0.379 e. The Morgan fingerprint density at radius 1 is 1.75 bits per heavy atom. The van der Waals surface area contributed by atoms with Gasteiger partial charge in [0, 0.05) is 6.04 Å². The minimum absolute atomic E-state index is 0.602. The lowest BCUT2D eigenvalue weighted by molar-refractivity contribution is 0.881. The van der Waals surface area contributed by atoms with Gasteiger partial charge in [-0.3, -0.25) is 0 Å². The van der Waals surface area contributed by atoms with Crippen molar-refractivity contribution in [3.63, 3.8) is 0 Å². The van der Waals surface area contributed by atoms with Crippen molar-refractivity contribution in [2.45, 2.75) is 12.5 Å². The monoisotopic (exact) mass is 127 g/mol. The van der Waals surface area contributed by atoms with Crippen LogP contribution < -0.4 is 5.32 Å². The fourth-order valence-electron chi connectivity index (χ4n) is 0.754. The predicted octanol–water partition coefficient (Wildman–Crippen LogP) is 1.11. The summed E-state index contributed by atoms with van der Waals surface area (Å²) in [7, 11) is 0. The van der Waals surface area contributed by atoms with Crippen LogP contribution in [0, 0.1) is 5.92 Å². The first-order valence-electron chi connectivity index (χ1n) is 2.70. The Morgan fingerprint density at radius 2 is 2.50 bits per heavy atom. The van der Waals surface area contributed by atoms with Gasteiger partial charge in [-0.15, -0.1) is 6.58 Å². The molecule has 1 rings (SSSR count). The van der Waals surface area contributed by atoms with Crippen molar-refractivity contribution in [3.8, 4) is 0 Å². The first kappa shape index (κ1) is 5.76. The van der Waals surface area contributed by atoms with Crippen molar-refractivity contribution < 1.29 is 0 Å². The van der Waals surface area contributed by atoms with Gasteiger partial charge in [0.05, 0.1) is 5.49 Å². The molecule has 1 nitrogen and oxygen atoms in total. The summed E-state index contributed by atoms with van der Waals surface area (Å²) < 4.78 is 0. The fourth-order valence-corrected chi connectivity index (χ4v) is 0.929. The molecule has 0 heterocycles. The molecule has 1 aliphatic rings. The third kappa shape index (κ3) is 1.07. The van der Waals surface area contributed by atoms with Gasteiger partial charge in [0.25, 0.3) is 0 Å². The van der Waals surface area contributed by atoms with Crippen LogP contribution in [0.5, 0.6) is 0 Å². The van der Waals surface area contributed by atoms with E-state index in [1.807, 2.05) is 6.08 Å². The van der Waals surface area contributed by atoms with Crippen molar-refractivity contribution in [1.82, 2.24) is 5.32 Å². The quantitative estimate of drug-likeness (QED) is 0.450. The molecule has 0 spiro atoms. The third-order valence-electron chi connectivity index (χ3n) is 1.42. The largest absolute Gasteiger partial charge is 0.379 e. The van der Waals surface area contributed by atoms with Crippen LogP contribution in [0.2, 0.25) is 0 Å². The Bertz CT molecular complexity index is 111. The molecule has 0 aromatic carbocycles. The highest BCUT2D eigenvalue weighted by Gasteiger charge is 2.32. The van der Waals surface area contributed by atoms with Crippen LogP contribution in [0.25, 0.3) is 0 Å². The second kappa shape index (κ2) is 2.27. The van der Waals surface area contributed by atoms with Gasteiger partial charge in [-0.25, -0.2) is 0 Å². The Balaban J connectivity index is 2.16. The van der Waals surface area contributed by atoms with Gasteiger partial charge < -0.3 is 5.32 Å². The van der Waals surface area contributed by atoms with Crippen LogP contribution in [0.3, 0.4) is 0 Å². The maximum absolute atomic E-state index is 4.60. The summed E-state index contributed by atoms with van der Waals surface area (Å²) in [5, 5.41) is 3.04. The predicted molar refractivity (Wildman–Crippen MR) is 38.9 cm³/mol. The zero-order valence-corrected chi connectivity index (χ0v) is 5.45. The molecule has 0 unspecified atom stereocenters. The second-order valence-electron chi connectivity index (χ2n) is 2.03. The van der Waals surface area contributed by atoms with E-state index in [2.05, 4.69) is 24.1 Å². The van der Waals surface area contributed by atoms with E-state index in [0.717, 1.165) is 0 Å². The van der Waals surface area contributed by atoms with Crippen molar-refractivity contribution in [1.29, 1.82) is 0 Å². The zero-order valence-electron chi connectivity index (χ0n) is 4.63. The minimum atomic E-state index is 0.602. The Labute approximate surface area is 54.8 Å². The molecule has 0 bridgehead atoms. The van der Waals surface area contributed by atoms with Crippen LogP contribution in [0.4, 0.5) is 0 Å². The number of thiocarbonyl (C=S) groups is 1. The van der Waals surface area contributed by atoms with Gasteiger partial charge in [0.1, 0.15) is 0 Å². The van der Waals surface area contributed by atoms with Gasteiger partial charge >= 0.3 is 0 Å². The van der Waals surface area contributed by atoms with E-state index >= 15 is 0 Å². The lowest BCUT2D eigenvalue weighted by Crippen LogP contribution is -2.13. The lowest BCUT2D eigenvalue weighted by atomic mass is 10.4. The molecule has 0 radical (unpaired) electrons. The summed E-state index contributed by atoms with van der Waals surface area (Å²) in [6, 6.07) is 0.602. The molecule has 2 atom stereocenters. The molecule has 1 N–H and O–H groups in total. The van der Waals surface area contributed by atoms with Crippen LogP contribution >= 0.6 is 12.2 Å². The topological polar surface area (TPSA) is 12.0 Å². The fraction of sp³-hybridized carbons (Fsp3) is 0.500. The molecule has 0 aromatic heterocycles. The summed E-state index contributed by atoms with van der Waals surface area (Å²) in [5.41, 5.74) is 1.58. The molecular weight excluding hydrogens is 118 g/mol. The number of hydrogen-bond acceptors (Lipinski definition) is 1. The standard InChI is InChI=1S/C6H9NS/c1-2-5-3-6(5)7-4-8/h2,4-6H,1,3H2,(H,7,8)/t5-,6-/m0/s1. The smallest absolute Gasteiger partial charge is 0.0617 e.